The first-order chi connectivity index (χ1) is 10.1. The maximum Gasteiger partial charge on any atom is 0.265 e. The SMILES string of the molecule is CCCc1nc(C)c(C(=O)N2CCC(C(=O)NC)CC2)s1. The fourth-order valence-corrected chi connectivity index (χ4v) is 3.80. The maximum absolute atomic E-state index is 12.6. The van der Waals surface area contributed by atoms with Crippen molar-refractivity contribution in [1.29, 1.82) is 0 Å². The summed E-state index contributed by atoms with van der Waals surface area (Å²) >= 11 is 1.52. The lowest BCUT2D eigenvalue weighted by atomic mass is 9.96. The Bertz CT molecular complexity index is 519. The summed E-state index contributed by atoms with van der Waals surface area (Å²) in [7, 11) is 1.66. The molecule has 0 saturated carbocycles. The quantitative estimate of drug-likeness (QED) is 0.925. The molecule has 1 aliphatic rings. The molecule has 0 atom stereocenters. The summed E-state index contributed by atoms with van der Waals surface area (Å²) in [5.74, 6) is 0.196. The Morgan fingerprint density at radius 1 is 1.38 bits per heavy atom. The van der Waals surface area contributed by atoms with Gasteiger partial charge in [-0.25, -0.2) is 4.98 Å². The smallest absolute Gasteiger partial charge is 0.265 e. The standard InChI is InChI=1S/C15H23N3O2S/c1-4-5-12-17-10(2)13(21-12)15(20)18-8-6-11(7-9-18)14(19)16-3/h11H,4-9H2,1-3H3,(H,16,19). The van der Waals surface area contributed by atoms with Crippen molar-refractivity contribution >= 4 is 23.2 Å². The number of hydrogen-bond donors (Lipinski definition) is 1. The van der Waals surface area contributed by atoms with Crippen molar-refractivity contribution < 1.29 is 9.59 Å². The van der Waals surface area contributed by atoms with Crippen molar-refractivity contribution in [1.82, 2.24) is 15.2 Å². The highest BCUT2D eigenvalue weighted by atomic mass is 32.1. The lowest BCUT2D eigenvalue weighted by molar-refractivity contribution is -0.125. The second-order valence-corrected chi connectivity index (χ2v) is 6.54. The minimum atomic E-state index is 0.0391. The zero-order valence-electron chi connectivity index (χ0n) is 12.9. The third-order valence-electron chi connectivity index (χ3n) is 3.90. The number of nitrogens with zero attached hydrogens (tertiary/aromatic N) is 2. The van der Waals surface area contributed by atoms with E-state index in [1.165, 1.54) is 11.3 Å². The number of carbonyl (C=O) groups is 2. The molecule has 0 spiro atoms. The van der Waals surface area contributed by atoms with Gasteiger partial charge in [-0.1, -0.05) is 6.92 Å². The molecule has 2 heterocycles. The van der Waals surface area contributed by atoms with Gasteiger partial charge < -0.3 is 10.2 Å². The number of carbonyl (C=O) groups excluding carboxylic acids is 2. The second-order valence-electron chi connectivity index (χ2n) is 5.45. The van der Waals surface area contributed by atoms with Crippen molar-refractivity contribution in [2.75, 3.05) is 20.1 Å². The largest absolute Gasteiger partial charge is 0.359 e. The minimum absolute atomic E-state index is 0.0391. The predicted molar refractivity (Wildman–Crippen MR) is 83.5 cm³/mol. The molecule has 0 bridgehead atoms. The Morgan fingerprint density at radius 3 is 2.62 bits per heavy atom. The van der Waals surface area contributed by atoms with Crippen LogP contribution in [0.3, 0.4) is 0 Å². The van der Waals surface area contributed by atoms with Gasteiger partial charge in [-0.3, -0.25) is 9.59 Å². The maximum atomic E-state index is 12.6. The number of rotatable bonds is 4. The van der Waals surface area contributed by atoms with Gasteiger partial charge in [0.05, 0.1) is 10.7 Å². The van der Waals surface area contributed by atoms with E-state index < -0.39 is 0 Å². The van der Waals surface area contributed by atoms with Crippen molar-refractivity contribution in [2.45, 2.75) is 39.5 Å². The molecule has 5 nitrogen and oxygen atoms in total. The van der Waals surface area contributed by atoms with Gasteiger partial charge in [0.25, 0.3) is 5.91 Å². The topological polar surface area (TPSA) is 62.3 Å². The van der Waals surface area contributed by atoms with Crippen LogP contribution in [0.4, 0.5) is 0 Å². The molecular weight excluding hydrogens is 286 g/mol. The van der Waals surface area contributed by atoms with Crippen molar-refractivity contribution in [3.63, 3.8) is 0 Å². The fourth-order valence-electron chi connectivity index (χ4n) is 2.66. The van der Waals surface area contributed by atoms with Gasteiger partial charge in [0.15, 0.2) is 0 Å². The zero-order chi connectivity index (χ0) is 15.4. The Labute approximate surface area is 129 Å². The zero-order valence-corrected chi connectivity index (χ0v) is 13.8. The van der Waals surface area contributed by atoms with Gasteiger partial charge in [-0.2, -0.15) is 0 Å². The molecule has 6 heteroatoms. The van der Waals surface area contributed by atoms with Crippen LogP contribution >= 0.6 is 11.3 Å². The number of hydrogen-bond acceptors (Lipinski definition) is 4. The van der Waals surface area contributed by atoms with Crippen molar-refractivity contribution in [3.05, 3.63) is 15.6 Å². The van der Waals surface area contributed by atoms with Gasteiger partial charge in [0, 0.05) is 26.1 Å². The first-order valence-corrected chi connectivity index (χ1v) is 8.35. The van der Waals surface area contributed by atoms with Crippen LogP contribution in [-0.4, -0.2) is 41.8 Å². The van der Waals surface area contributed by atoms with E-state index in [1.54, 1.807) is 7.05 Å². The Morgan fingerprint density at radius 2 is 2.05 bits per heavy atom. The van der Waals surface area contributed by atoms with E-state index in [4.69, 9.17) is 0 Å². The summed E-state index contributed by atoms with van der Waals surface area (Å²) in [5, 5.41) is 3.73. The van der Waals surface area contributed by atoms with Crippen molar-refractivity contribution in [2.24, 2.45) is 5.92 Å². The minimum Gasteiger partial charge on any atom is -0.359 e. The van der Waals surface area contributed by atoms with E-state index >= 15 is 0 Å². The molecule has 0 aliphatic carbocycles. The van der Waals surface area contributed by atoms with Gasteiger partial charge in [0.2, 0.25) is 5.91 Å². The number of nitrogens with one attached hydrogen (secondary N) is 1. The predicted octanol–water partition coefficient (Wildman–Crippen LogP) is 2.00. The van der Waals surface area contributed by atoms with Gasteiger partial charge >= 0.3 is 0 Å². The molecule has 2 amide bonds. The highest BCUT2D eigenvalue weighted by Crippen LogP contribution is 2.24. The Balaban J connectivity index is 2.00. The average molecular weight is 309 g/mol. The van der Waals surface area contributed by atoms with Crippen LogP contribution in [0.25, 0.3) is 0 Å². The molecule has 21 heavy (non-hydrogen) atoms. The molecule has 0 aromatic carbocycles. The van der Waals surface area contributed by atoms with Crippen LogP contribution < -0.4 is 5.32 Å². The molecule has 2 rings (SSSR count). The average Bonchev–Trinajstić information content (AvgIpc) is 2.87. The van der Waals surface area contributed by atoms with E-state index in [9.17, 15) is 9.59 Å². The summed E-state index contributed by atoms with van der Waals surface area (Å²) in [6.07, 6.45) is 3.45. The lowest BCUT2D eigenvalue weighted by Crippen LogP contribution is -2.42. The fraction of sp³-hybridized carbons (Fsp3) is 0.667. The van der Waals surface area contributed by atoms with Gasteiger partial charge in [-0.05, 0) is 32.6 Å². The van der Waals surface area contributed by atoms with Crippen LogP contribution in [0.15, 0.2) is 0 Å². The molecule has 116 valence electrons. The van der Waals surface area contributed by atoms with Crippen LogP contribution in [0.1, 0.15) is 46.6 Å². The summed E-state index contributed by atoms with van der Waals surface area (Å²) in [6, 6.07) is 0. The van der Waals surface area contributed by atoms with Gasteiger partial charge in [-0.15, -0.1) is 11.3 Å². The van der Waals surface area contributed by atoms with Crippen LogP contribution in [0, 0.1) is 12.8 Å². The molecule has 1 fully saturated rings. The van der Waals surface area contributed by atoms with Crippen LogP contribution in [-0.2, 0) is 11.2 Å². The van der Waals surface area contributed by atoms with E-state index in [0.717, 1.165) is 41.3 Å². The number of piperidine rings is 1. The summed E-state index contributed by atoms with van der Waals surface area (Å²) in [4.78, 5) is 31.3. The summed E-state index contributed by atoms with van der Waals surface area (Å²) in [5.41, 5.74) is 0.835. The molecular formula is C15H23N3O2S. The molecule has 0 radical (unpaired) electrons. The molecule has 1 aromatic heterocycles. The van der Waals surface area contributed by atoms with E-state index in [2.05, 4.69) is 17.2 Å². The first kappa shape index (κ1) is 15.9. The van der Waals surface area contributed by atoms with E-state index in [1.807, 2.05) is 11.8 Å². The molecule has 1 saturated heterocycles. The normalized spacial score (nSPS) is 16.0. The number of aryl methyl sites for hydroxylation is 2. The first-order valence-electron chi connectivity index (χ1n) is 7.54. The van der Waals surface area contributed by atoms with Gasteiger partial charge in [0.1, 0.15) is 4.88 Å². The van der Waals surface area contributed by atoms with Crippen LogP contribution in [0.2, 0.25) is 0 Å². The highest BCUT2D eigenvalue weighted by molar-refractivity contribution is 7.13. The molecule has 0 unspecified atom stereocenters. The number of aromatic nitrogens is 1. The number of amides is 2. The third-order valence-corrected chi connectivity index (χ3v) is 5.10. The monoisotopic (exact) mass is 309 g/mol. The Hall–Kier alpha value is -1.43. The molecule has 1 aromatic rings. The molecule has 1 N–H and O–H groups in total. The number of likely N-dealkylation sites (tertiary alicyclic amines) is 1. The highest BCUT2D eigenvalue weighted by Gasteiger charge is 2.28. The summed E-state index contributed by atoms with van der Waals surface area (Å²) in [6.45, 7) is 5.32. The van der Waals surface area contributed by atoms with Crippen LogP contribution in [0.5, 0.6) is 0 Å². The van der Waals surface area contributed by atoms with Crippen molar-refractivity contribution in [3.8, 4) is 0 Å². The van der Waals surface area contributed by atoms with E-state index in [-0.39, 0.29) is 17.7 Å². The number of thiazole rings is 1. The summed E-state index contributed by atoms with van der Waals surface area (Å²) < 4.78 is 0. The van der Waals surface area contributed by atoms with E-state index in [0.29, 0.717) is 13.1 Å². The third kappa shape index (κ3) is 3.61. The Kier molecular flexibility index (Phi) is 5.33. The lowest BCUT2D eigenvalue weighted by Gasteiger charge is -2.30. The second kappa shape index (κ2) is 7.02. The molecule has 1 aliphatic heterocycles.